The number of hydrogen-bond acceptors (Lipinski definition) is 3. The van der Waals surface area contributed by atoms with Gasteiger partial charge >= 0.3 is 0 Å². The summed E-state index contributed by atoms with van der Waals surface area (Å²) in [5.74, 6) is 0.823. The lowest BCUT2D eigenvalue weighted by molar-refractivity contribution is -0.116. The molecule has 2 heterocycles. The van der Waals surface area contributed by atoms with Crippen molar-refractivity contribution in [2.45, 2.75) is 58.0 Å². The van der Waals surface area contributed by atoms with E-state index in [9.17, 15) is 9.18 Å². The Labute approximate surface area is 172 Å². The number of rotatable bonds is 6. The first kappa shape index (κ1) is 21.5. The second-order valence-corrected chi connectivity index (χ2v) is 9.33. The van der Waals surface area contributed by atoms with E-state index in [1.165, 1.54) is 24.7 Å². The van der Waals surface area contributed by atoms with Gasteiger partial charge in [0, 0.05) is 25.3 Å². The van der Waals surface area contributed by atoms with Gasteiger partial charge in [0.1, 0.15) is 5.82 Å². The van der Waals surface area contributed by atoms with Crippen LogP contribution in [0.2, 0.25) is 5.02 Å². The molecule has 156 valence electrons. The molecule has 1 unspecified atom stereocenters. The summed E-state index contributed by atoms with van der Waals surface area (Å²) in [5, 5.41) is 2.83. The number of benzene rings is 1. The van der Waals surface area contributed by atoms with Crippen molar-refractivity contribution >= 4 is 23.2 Å². The molecular formula is C22H32ClFN2O2. The van der Waals surface area contributed by atoms with E-state index < -0.39 is 5.82 Å². The summed E-state index contributed by atoms with van der Waals surface area (Å²) in [7, 11) is 0. The van der Waals surface area contributed by atoms with E-state index >= 15 is 0 Å². The lowest BCUT2D eigenvalue weighted by atomic mass is 9.86. The average molecular weight is 411 g/mol. The molecule has 0 bridgehead atoms. The summed E-state index contributed by atoms with van der Waals surface area (Å²) in [6.45, 7) is 8.68. The second-order valence-electron chi connectivity index (χ2n) is 8.93. The SMILES string of the molecule is CC1(C)CC(CN2CCC(CCC(=O)Nc3ccc(F)c(Cl)c3)CC2)CCO1. The maximum absolute atomic E-state index is 13.2. The minimum atomic E-state index is -0.476. The molecule has 2 saturated heterocycles. The number of nitrogens with one attached hydrogen (secondary N) is 1. The van der Waals surface area contributed by atoms with Crippen LogP contribution in [0, 0.1) is 17.7 Å². The molecular weight excluding hydrogens is 379 g/mol. The van der Waals surface area contributed by atoms with Crippen molar-refractivity contribution in [1.82, 2.24) is 4.90 Å². The Morgan fingerprint density at radius 2 is 2.04 bits per heavy atom. The minimum absolute atomic E-state index is 0.0172. The summed E-state index contributed by atoms with van der Waals surface area (Å²) in [6, 6.07) is 4.26. The van der Waals surface area contributed by atoms with Crippen LogP contribution in [0.25, 0.3) is 0 Å². The molecule has 1 N–H and O–H groups in total. The number of amides is 1. The van der Waals surface area contributed by atoms with E-state index in [0.29, 0.717) is 18.0 Å². The van der Waals surface area contributed by atoms with E-state index in [4.69, 9.17) is 16.3 Å². The molecule has 3 rings (SSSR count). The molecule has 28 heavy (non-hydrogen) atoms. The highest BCUT2D eigenvalue weighted by atomic mass is 35.5. The zero-order valence-electron chi connectivity index (χ0n) is 17.0. The fraction of sp³-hybridized carbons (Fsp3) is 0.682. The highest BCUT2D eigenvalue weighted by Gasteiger charge is 2.30. The number of carbonyl (C=O) groups is 1. The third kappa shape index (κ3) is 6.43. The smallest absolute Gasteiger partial charge is 0.224 e. The Bertz CT molecular complexity index is 675. The number of halogens is 2. The fourth-order valence-corrected chi connectivity index (χ4v) is 4.65. The molecule has 1 aromatic rings. The summed E-state index contributed by atoms with van der Waals surface area (Å²) in [6.07, 6.45) is 6.01. The molecule has 1 amide bonds. The van der Waals surface area contributed by atoms with Crippen molar-refractivity contribution in [3.8, 4) is 0 Å². The van der Waals surface area contributed by atoms with E-state index in [2.05, 4.69) is 24.1 Å². The molecule has 0 saturated carbocycles. The third-order valence-corrected chi connectivity index (χ3v) is 6.30. The highest BCUT2D eigenvalue weighted by Crippen LogP contribution is 2.30. The molecule has 1 atom stereocenters. The van der Waals surface area contributed by atoms with Crippen molar-refractivity contribution < 1.29 is 13.9 Å². The van der Waals surface area contributed by atoms with E-state index in [0.717, 1.165) is 57.7 Å². The van der Waals surface area contributed by atoms with Gasteiger partial charge in [-0.1, -0.05) is 11.6 Å². The van der Waals surface area contributed by atoms with E-state index in [-0.39, 0.29) is 16.5 Å². The first-order chi connectivity index (χ1) is 13.3. The predicted octanol–water partition coefficient (Wildman–Crippen LogP) is 5.12. The van der Waals surface area contributed by atoms with Crippen LogP contribution in [0.1, 0.15) is 52.4 Å². The van der Waals surface area contributed by atoms with Gasteiger partial charge < -0.3 is 15.0 Å². The first-order valence-corrected chi connectivity index (χ1v) is 10.8. The molecule has 0 aliphatic carbocycles. The van der Waals surface area contributed by atoms with Crippen LogP contribution in [0.4, 0.5) is 10.1 Å². The van der Waals surface area contributed by atoms with Crippen molar-refractivity contribution in [2.75, 3.05) is 31.6 Å². The number of likely N-dealkylation sites (tertiary alicyclic amines) is 1. The summed E-state index contributed by atoms with van der Waals surface area (Å²) in [4.78, 5) is 14.8. The van der Waals surface area contributed by atoms with Gasteiger partial charge in [-0.05, 0) is 89.1 Å². The van der Waals surface area contributed by atoms with Gasteiger partial charge in [0.25, 0.3) is 0 Å². The first-order valence-electron chi connectivity index (χ1n) is 10.4. The Morgan fingerprint density at radius 1 is 1.29 bits per heavy atom. The zero-order valence-corrected chi connectivity index (χ0v) is 17.7. The Kier molecular flexibility index (Phi) is 7.35. The Morgan fingerprint density at radius 3 is 2.71 bits per heavy atom. The van der Waals surface area contributed by atoms with Crippen LogP contribution < -0.4 is 5.32 Å². The maximum Gasteiger partial charge on any atom is 0.224 e. The molecule has 2 fully saturated rings. The topological polar surface area (TPSA) is 41.6 Å². The minimum Gasteiger partial charge on any atom is -0.376 e. The van der Waals surface area contributed by atoms with Crippen molar-refractivity contribution in [3.63, 3.8) is 0 Å². The van der Waals surface area contributed by atoms with Gasteiger partial charge in [0.15, 0.2) is 0 Å². The molecule has 0 spiro atoms. The van der Waals surface area contributed by atoms with Gasteiger partial charge in [-0.2, -0.15) is 0 Å². The van der Waals surface area contributed by atoms with Crippen LogP contribution in [0.3, 0.4) is 0 Å². The van der Waals surface area contributed by atoms with E-state index in [1.807, 2.05) is 0 Å². The number of piperidine rings is 1. The lowest BCUT2D eigenvalue weighted by Crippen LogP contribution is -2.42. The molecule has 6 heteroatoms. The largest absolute Gasteiger partial charge is 0.376 e. The van der Waals surface area contributed by atoms with Crippen LogP contribution in [0.5, 0.6) is 0 Å². The lowest BCUT2D eigenvalue weighted by Gasteiger charge is -2.39. The van der Waals surface area contributed by atoms with Crippen molar-refractivity contribution in [2.24, 2.45) is 11.8 Å². The number of ether oxygens (including phenoxy) is 1. The fourth-order valence-electron chi connectivity index (χ4n) is 4.47. The second kappa shape index (κ2) is 9.55. The summed E-state index contributed by atoms with van der Waals surface area (Å²) >= 11 is 5.76. The van der Waals surface area contributed by atoms with Gasteiger partial charge in [-0.3, -0.25) is 4.79 Å². The van der Waals surface area contributed by atoms with Crippen LogP contribution in [-0.4, -0.2) is 42.6 Å². The average Bonchev–Trinajstić information content (AvgIpc) is 2.63. The number of nitrogens with zero attached hydrogens (tertiary/aromatic N) is 1. The third-order valence-electron chi connectivity index (χ3n) is 6.01. The van der Waals surface area contributed by atoms with Crippen molar-refractivity contribution in [1.29, 1.82) is 0 Å². The van der Waals surface area contributed by atoms with Crippen molar-refractivity contribution in [3.05, 3.63) is 29.0 Å². The predicted molar refractivity (Wildman–Crippen MR) is 111 cm³/mol. The van der Waals surface area contributed by atoms with Gasteiger partial charge in [0.05, 0.1) is 10.6 Å². The molecule has 0 radical (unpaired) electrons. The van der Waals surface area contributed by atoms with Gasteiger partial charge in [-0.25, -0.2) is 4.39 Å². The number of carbonyl (C=O) groups excluding carboxylic acids is 1. The van der Waals surface area contributed by atoms with Crippen LogP contribution in [-0.2, 0) is 9.53 Å². The normalized spacial score (nSPS) is 23.5. The van der Waals surface area contributed by atoms with Crippen LogP contribution in [0.15, 0.2) is 18.2 Å². The molecule has 2 aliphatic rings. The summed E-state index contributed by atoms with van der Waals surface area (Å²) in [5.41, 5.74) is 0.564. The number of anilines is 1. The molecule has 4 nitrogen and oxygen atoms in total. The van der Waals surface area contributed by atoms with Gasteiger partial charge in [0.2, 0.25) is 5.91 Å². The molecule has 0 aromatic heterocycles. The zero-order chi connectivity index (χ0) is 20.1. The monoisotopic (exact) mass is 410 g/mol. The summed E-state index contributed by atoms with van der Waals surface area (Å²) < 4.78 is 19.0. The number of hydrogen-bond donors (Lipinski definition) is 1. The Hall–Kier alpha value is -1.17. The van der Waals surface area contributed by atoms with E-state index in [1.54, 1.807) is 0 Å². The van der Waals surface area contributed by atoms with Crippen LogP contribution >= 0.6 is 11.6 Å². The standard InChI is InChI=1S/C22H32ClFN2O2/c1-22(2)14-17(9-12-28-22)15-26-10-7-16(8-11-26)3-6-21(27)25-18-4-5-20(24)19(23)13-18/h4-5,13,16-17H,3,6-12,14-15H2,1-2H3,(H,25,27). The van der Waals surface area contributed by atoms with Gasteiger partial charge in [-0.15, -0.1) is 0 Å². The molecule has 2 aliphatic heterocycles. The maximum atomic E-state index is 13.2. The quantitative estimate of drug-likeness (QED) is 0.708. The highest BCUT2D eigenvalue weighted by molar-refractivity contribution is 6.31. The molecule has 1 aromatic carbocycles. The Balaban J connectivity index is 1.35.